The zero-order chi connectivity index (χ0) is 25.0. The summed E-state index contributed by atoms with van der Waals surface area (Å²) in [5.41, 5.74) is 1.25. The monoisotopic (exact) mass is 472 g/mol. The summed E-state index contributed by atoms with van der Waals surface area (Å²) in [7, 11) is 1.58. The van der Waals surface area contributed by atoms with Crippen LogP contribution in [0, 0.1) is 11.3 Å². The standard InChI is InChI=1S/C27H24N2O6/c1-3-33-25-16-20(15-21(17-28)27(31)29-18-23-5-4-14-34-23)8-12-24(25)35-26(30)13-9-19-6-10-22(32-2)11-7-19/h4-16H,3,18H2,1-2H3,(H,29,31)/b13-9+,21-15+. The SMILES string of the molecule is CCOc1cc(/C=C(\C#N)C(=O)NCc2ccco2)ccc1OC(=O)/C=C/c1ccc(OC)cc1. The molecule has 0 spiro atoms. The van der Waals surface area contributed by atoms with Gasteiger partial charge in [0.2, 0.25) is 0 Å². The van der Waals surface area contributed by atoms with E-state index in [0.717, 1.165) is 11.3 Å². The third-order valence-electron chi connectivity index (χ3n) is 4.69. The molecule has 3 rings (SSSR count). The highest BCUT2D eigenvalue weighted by Gasteiger charge is 2.13. The summed E-state index contributed by atoms with van der Waals surface area (Å²) in [6, 6.07) is 17.3. The third kappa shape index (κ3) is 7.37. The van der Waals surface area contributed by atoms with Crippen LogP contribution in [0.5, 0.6) is 17.2 Å². The molecular formula is C27H24N2O6. The van der Waals surface area contributed by atoms with Gasteiger partial charge < -0.3 is 23.9 Å². The van der Waals surface area contributed by atoms with Gasteiger partial charge in [-0.05, 0) is 66.6 Å². The second-order valence-corrected chi connectivity index (χ2v) is 7.10. The van der Waals surface area contributed by atoms with Crippen molar-refractivity contribution in [3.8, 4) is 23.3 Å². The molecule has 8 nitrogen and oxygen atoms in total. The van der Waals surface area contributed by atoms with E-state index in [1.54, 1.807) is 62.6 Å². The average Bonchev–Trinajstić information content (AvgIpc) is 3.40. The Bertz CT molecular complexity index is 1250. The highest BCUT2D eigenvalue weighted by Crippen LogP contribution is 2.30. The van der Waals surface area contributed by atoms with Gasteiger partial charge in [-0.15, -0.1) is 0 Å². The zero-order valence-electron chi connectivity index (χ0n) is 19.3. The summed E-state index contributed by atoms with van der Waals surface area (Å²) in [4.78, 5) is 24.7. The Labute approximate surface area is 203 Å². The number of esters is 1. The molecule has 0 aliphatic heterocycles. The lowest BCUT2D eigenvalue weighted by Crippen LogP contribution is -2.23. The first-order valence-electron chi connectivity index (χ1n) is 10.8. The molecule has 3 aromatic rings. The molecular weight excluding hydrogens is 448 g/mol. The molecule has 0 saturated carbocycles. The summed E-state index contributed by atoms with van der Waals surface area (Å²) >= 11 is 0. The summed E-state index contributed by atoms with van der Waals surface area (Å²) in [6.07, 6.45) is 5.86. The fraction of sp³-hybridized carbons (Fsp3) is 0.148. The van der Waals surface area contributed by atoms with E-state index >= 15 is 0 Å². The molecule has 1 aromatic heterocycles. The van der Waals surface area contributed by atoms with Gasteiger partial charge in [-0.2, -0.15) is 5.26 Å². The van der Waals surface area contributed by atoms with Crippen molar-refractivity contribution in [1.29, 1.82) is 5.26 Å². The van der Waals surface area contributed by atoms with Crippen LogP contribution in [-0.4, -0.2) is 25.6 Å². The van der Waals surface area contributed by atoms with Gasteiger partial charge in [-0.1, -0.05) is 18.2 Å². The van der Waals surface area contributed by atoms with Crippen LogP contribution < -0.4 is 19.5 Å². The molecule has 8 heteroatoms. The fourth-order valence-corrected chi connectivity index (χ4v) is 2.98. The van der Waals surface area contributed by atoms with Crippen LogP contribution in [0.3, 0.4) is 0 Å². The summed E-state index contributed by atoms with van der Waals surface area (Å²) in [6.45, 7) is 2.28. The number of nitrogens with one attached hydrogen (secondary N) is 1. The van der Waals surface area contributed by atoms with E-state index in [1.165, 1.54) is 18.4 Å². The number of nitrogens with zero attached hydrogens (tertiary/aromatic N) is 1. The lowest BCUT2D eigenvalue weighted by atomic mass is 10.1. The van der Waals surface area contributed by atoms with E-state index in [4.69, 9.17) is 18.6 Å². The van der Waals surface area contributed by atoms with Crippen molar-refractivity contribution < 1.29 is 28.2 Å². The summed E-state index contributed by atoms with van der Waals surface area (Å²) in [5.74, 6) is 0.687. The van der Waals surface area contributed by atoms with Crippen molar-refractivity contribution >= 4 is 24.0 Å². The molecule has 0 unspecified atom stereocenters. The zero-order valence-corrected chi connectivity index (χ0v) is 19.3. The number of carbonyl (C=O) groups is 2. The first kappa shape index (κ1) is 24.9. The van der Waals surface area contributed by atoms with E-state index in [2.05, 4.69) is 5.32 Å². The maximum atomic E-state index is 12.4. The first-order chi connectivity index (χ1) is 17.0. The molecule has 35 heavy (non-hydrogen) atoms. The molecule has 0 saturated heterocycles. The Hall–Kier alpha value is -4.77. The Kier molecular flexibility index (Phi) is 8.85. The van der Waals surface area contributed by atoms with E-state index in [9.17, 15) is 14.9 Å². The fourth-order valence-electron chi connectivity index (χ4n) is 2.98. The van der Waals surface area contributed by atoms with Gasteiger partial charge >= 0.3 is 5.97 Å². The van der Waals surface area contributed by atoms with E-state index in [-0.39, 0.29) is 17.9 Å². The molecule has 0 atom stereocenters. The number of hydrogen-bond acceptors (Lipinski definition) is 7. The molecule has 0 radical (unpaired) electrons. The van der Waals surface area contributed by atoms with Crippen LogP contribution in [0.2, 0.25) is 0 Å². The molecule has 0 bridgehead atoms. The topological polar surface area (TPSA) is 111 Å². The molecule has 1 amide bonds. The van der Waals surface area contributed by atoms with Crippen molar-refractivity contribution in [2.24, 2.45) is 0 Å². The van der Waals surface area contributed by atoms with E-state index in [1.807, 2.05) is 18.2 Å². The minimum atomic E-state index is -0.583. The van der Waals surface area contributed by atoms with Crippen LogP contribution in [0.4, 0.5) is 0 Å². The van der Waals surface area contributed by atoms with Crippen LogP contribution >= 0.6 is 0 Å². The molecule has 0 aliphatic carbocycles. The Morgan fingerprint density at radius 2 is 1.86 bits per heavy atom. The number of ether oxygens (including phenoxy) is 3. The van der Waals surface area contributed by atoms with Gasteiger partial charge in [-0.3, -0.25) is 4.79 Å². The molecule has 0 aliphatic rings. The molecule has 178 valence electrons. The largest absolute Gasteiger partial charge is 0.497 e. The predicted molar refractivity (Wildman–Crippen MR) is 129 cm³/mol. The second-order valence-electron chi connectivity index (χ2n) is 7.10. The Morgan fingerprint density at radius 3 is 2.51 bits per heavy atom. The van der Waals surface area contributed by atoms with Gasteiger partial charge in [0.25, 0.3) is 5.91 Å². The number of rotatable bonds is 10. The number of hydrogen-bond donors (Lipinski definition) is 1. The highest BCUT2D eigenvalue weighted by atomic mass is 16.6. The average molecular weight is 472 g/mol. The highest BCUT2D eigenvalue weighted by molar-refractivity contribution is 6.01. The predicted octanol–water partition coefficient (Wildman–Crippen LogP) is 4.53. The van der Waals surface area contributed by atoms with Gasteiger partial charge in [0, 0.05) is 6.08 Å². The maximum Gasteiger partial charge on any atom is 0.336 e. The van der Waals surface area contributed by atoms with E-state index < -0.39 is 11.9 Å². The normalized spacial score (nSPS) is 11.1. The van der Waals surface area contributed by atoms with Crippen LogP contribution in [0.25, 0.3) is 12.2 Å². The maximum absolute atomic E-state index is 12.4. The van der Waals surface area contributed by atoms with Gasteiger partial charge in [0.1, 0.15) is 23.2 Å². The van der Waals surface area contributed by atoms with Crippen molar-refractivity contribution in [2.75, 3.05) is 13.7 Å². The van der Waals surface area contributed by atoms with Gasteiger partial charge in [0.15, 0.2) is 11.5 Å². The van der Waals surface area contributed by atoms with Crippen LogP contribution in [0.1, 0.15) is 23.8 Å². The van der Waals surface area contributed by atoms with Gasteiger partial charge in [-0.25, -0.2) is 4.79 Å². The Morgan fingerprint density at radius 1 is 1.09 bits per heavy atom. The second kappa shape index (κ2) is 12.5. The number of methoxy groups -OCH3 is 1. The van der Waals surface area contributed by atoms with Crippen molar-refractivity contribution in [2.45, 2.75) is 13.5 Å². The van der Waals surface area contributed by atoms with Crippen molar-refractivity contribution in [1.82, 2.24) is 5.32 Å². The minimum Gasteiger partial charge on any atom is -0.497 e. The molecule has 2 aromatic carbocycles. The number of benzene rings is 2. The molecule has 1 N–H and O–H groups in total. The smallest absolute Gasteiger partial charge is 0.336 e. The van der Waals surface area contributed by atoms with Crippen molar-refractivity contribution in [3.63, 3.8) is 0 Å². The minimum absolute atomic E-state index is 0.0915. The van der Waals surface area contributed by atoms with Crippen LogP contribution in [0.15, 0.2) is 76.9 Å². The number of furan rings is 1. The molecule has 1 heterocycles. The lowest BCUT2D eigenvalue weighted by Gasteiger charge is -2.11. The summed E-state index contributed by atoms with van der Waals surface area (Å²) < 4.78 is 21.3. The number of amides is 1. The summed E-state index contributed by atoms with van der Waals surface area (Å²) in [5, 5.41) is 12.1. The number of nitriles is 1. The van der Waals surface area contributed by atoms with Crippen LogP contribution in [-0.2, 0) is 16.1 Å². The molecule has 0 fully saturated rings. The lowest BCUT2D eigenvalue weighted by molar-refractivity contribution is -0.129. The third-order valence-corrected chi connectivity index (χ3v) is 4.69. The van der Waals surface area contributed by atoms with E-state index in [0.29, 0.717) is 23.7 Å². The van der Waals surface area contributed by atoms with Crippen molar-refractivity contribution in [3.05, 3.63) is 89.4 Å². The van der Waals surface area contributed by atoms with Gasteiger partial charge in [0.05, 0.1) is 26.5 Å². The Balaban J connectivity index is 1.70. The number of carbonyl (C=O) groups excluding carboxylic acids is 2. The quantitative estimate of drug-likeness (QED) is 0.200. The first-order valence-corrected chi connectivity index (χ1v) is 10.8.